The highest BCUT2D eigenvalue weighted by Crippen LogP contribution is 2.23. The summed E-state index contributed by atoms with van der Waals surface area (Å²) in [5, 5.41) is 18.9. The van der Waals surface area contributed by atoms with Gasteiger partial charge in [-0.15, -0.1) is 16.4 Å². The number of anilines is 1. The van der Waals surface area contributed by atoms with Gasteiger partial charge in [-0.2, -0.15) is 10.4 Å². The van der Waals surface area contributed by atoms with E-state index in [0.29, 0.717) is 17.9 Å². The second-order valence-electron chi connectivity index (χ2n) is 3.50. The maximum atomic E-state index is 8.99. The van der Waals surface area contributed by atoms with Gasteiger partial charge < -0.3 is 4.90 Å². The molecule has 0 saturated carbocycles. The van der Waals surface area contributed by atoms with E-state index in [0.717, 1.165) is 3.79 Å². The molecule has 0 spiro atoms. The van der Waals surface area contributed by atoms with Gasteiger partial charge in [0.25, 0.3) is 0 Å². The fraction of sp³-hybridized carbons (Fsp3) is 0.182. The zero-order valence-corrected chi connectivity index (χ0v) is 11.5. The van der Waals surface area contributed by atoms with Crippen LogP contribution in [0, 0.1) is 11.3 Å². The van der Waals surface area contributed by atoms with Crippen LogP contribution in [0.25, 0.3) is 0 Å². The van der Waals surface area contributed by atoms with Crippen molar-refractivity contribution in [2.24, 2.45) is 0 Å². The molecule has 0 fully saturated rings. The largest absolute Gasteiger partial charge is 0.353 e. The molecule has 4 nitrogen and oxygen atoms in total. The van der Waals surface area contributed by atoms with Crippen LogP contribution in [0.4, 0.5) is 5.82 Å². The third-order valence-corrected chi connectivity index (χ3v) is 3.78. The van der Waals surface area contributed by atoms with Crippen LogP contribution >= 0.6 is 27.3 Å². The molecule has 2 aromatic rings. The molecule has 2 heterocycles. The highest BCUT2D eigenvalue weighted by Gasteiger charge is 2.10. The van der Waals surface area contributed by atoms with Gasteiger partial charge in [-0.25, -0.2) is 0 Å². The van der Waals surface area contributed by atoms with E-state index in [1.54, 1.807) is 17.4 Å². The summed E-state index contributed by atoms with van der Waals surface area (Å²) in [5.74, 6) is 0.609. The number of nitrogens with zero attached hydrogens (tertiary/aromatic N) is 4. The van der Waals surface area contributed by atoms with E-state index < -0.39 is 0 Å². The van der Waals surface area contributed by atoms with Gasteiger partial charge in [0.15, 0.2) is 5.82 Å². The first-order valence-corrected chi connectivity index (χ1v) is 6.54. The average Bonchev–Trinajstić information content (AvgIpc) is 2.74. The topological polar surface area (TPSA) is 52.8 Å². The second kappa shape index (κ2) is 5.25. The van der Waals surface area contributed by atoms with Crippen molar-refractivity contribution in [2.45, 2.75) is 6.54 Å². The van der Waals surface area contributed by atoms with Crippen LogP contribution in [0.2, 0.25) is 0 Å². The molecule has 0 saturated heterocycles. The van der Waals surface area contributed by atoms with Crippen LogP contribution in [-0.4, -0.2) is 17.2 Å². The van der Waals surface area contributed by atoms with E-state index in [2.05, 4.69) is 43.6 Å². The summed E-state index contributed by atoms with van der Waals surface area (Å²) < 4.78 is 1.10. The molecule has 0 atom stereocenters. The first-order chi connectivity index (χ1) is 8.20. The summed E-state index contributed by atoms with van der Waals surface area (Å²) in [4.78, 5) is 1.92. The summed E-state index contributed by atoms with van der Waals surface area (Å²) >= 11 is 5.07. The Hall–Kier alpha value is -1.45. The van der Waals surface area contributed by atoms with Crippen molar-refractivity contribution in [2.75, 3.05) is 11.9 Å². The van der Waals surface area contributed by atoms with Crippen LogP contribution in [-0.2, 0) is 6.54 Å². The van der Waals surface area contributed by atoms with Crippen LogP contribution in [0.15, 0.2) is 27.5 Å². The van der Waals surface area contributed by atoms with E-state index >= 15 is 0 Å². The third-order valence-electron chi connectivity index (χ3n) is 2.22. The lowest BCUT2D eigenvalue weighted by atomic mass is 10.2. The number of aromatic nitrogens is 2. The molecular formula is C11H9BrN4S. The minimum absolute atomic E-state index is 0.539. The van der Waals surface area contributed by atoms with E-state index in [-0.39, 0.29) is 0 Å². The van der Waals surface area contributed by atoms with Gasteiger partial charge in [0.05, 0.1) is 15.5 Å². The number of rotatable bonds is 3. The van der Waals surface area contributed by atoms with Gasteiger partial charge in [-0.1, -0.05) is 0 Å². The van der Waals surface area contributed by atoms with Crippen molar-refractivity contribution >= 4 is 33.1 Å². The number of hydrogen-bond acceptors (Lipinski definition) is 5. The quantitative estimate of drug-likeness (QED) is 0.875. The van der Waals surface area contributed by atoms with Crippen LogP contribution in [0.5, 0.6) is 0 Å². The minimum Gasteiger partial charge on any atom is -0.353 e. The van der Waals surface area contributed by atoms with Crippen LogP contribution in [0.3, 0.4) is 0 Å². The molecule has 0 N–H and O–H groups in total. The summed E-state index contributed by atoms with van der Waals surface area (Å²) in [5.41, 5.74) is 1.72. The summed E-state index contributed by atoms with van der Waals surface area (Å²) in [6, 6.07) is 5.84. The predicted molar refractivity (Wildman–Crippen MR) is 70.9 cm³/mol. The molecule has 86 valence electrons. The average molecular weight is 309 g/mol. The van der Waals surface area contributed by atoms with Crippen molar-refractivity contribution < 1.29 is 0 Å². The van der Waals surface area contributed by atoms with Crippen molar-refractivity contribution in [3.63, 3.8) is 0 Å². The first kappa shape index (κ1) is 12.0. The number of halogens is 1. The highest BCUT2D eigenvalue weighted by atomic mass is 79.9. The predicted octanol–water partition coefficient (Wildman–Crippen LogP) is 2.81. The van der Waals surface area contributed by atoms with E-state index in [9.17, 15) is 0 Å². The fourth-order valence-electron chi connectivity index (χ4n) is 1.47. The SMILES string of the molecule is CN(Cc1csc(Br)c1)c1nnccc1C#N. The van der Waals surface area contributed by atoms with E-state index in [1.807, 2.05) is 11.9 Å². The molecule has 0 bridgehead atoms. The molecule has 2 rings (SSSR count). The monoisotopic (exact) mass is 308 g/mol. The zero-order chi connectivity index (χ0) is 12.3. The summed E-state index contributed by atoms with van der Waals surface area (Å²) in [7, 11) is 1.90. The molecule has 0 aromatic carbocycles. The Morgan fingerprint density at radius 2 is 2.41 bits per heavy atom. The van der Waals surface area contributed by atoms with Crippen LogP contribution < -0.4 is 4.90 Å². The Labute approximate surface area is 112 Å². The first-order valence-electron chi connectivity index (χ1n) is 4.86. The number of nitriles is 1. The number of hydrogen-bond donors (Lipinski definition) is 0. The van der Waals surface area contributed by atoms with Gasteiger partial charge in [0, 0.05) is 13.6 Å². The molecule has 6 heteroatoms. The van der Waals surface area contributed by atoms with Crippen molar-refractivity contribution in [3.05, 3.63) is 38.6 Å². The normalized spacial score (nSPS) is 9.94. The van der Waals surface area contributed by atoms with E-state index in [1.165, 1.54) is 11.8 Å². The highest BCUT2D eigenvalue weighted by molar-refractivity contribution is 9.11. The fourth-order valence-corrected chi connectivity index (χ4v) is 2.67. The lowest BCUT2D eigenvalue weighted by Gasteiger charge is -2.17. The molecular weight excluding hydrogens is 300 g/mol. The Morgan fingerprint density at radius 1 is 1.59 bits per heavy atom. The molecule has 0 aliphatic rings. The van der Waals surface area contributed by atoms with Gasteiger partial charge in [0.1, 0.15) is 6.07 Å². The van der Waals surface area contributed by atoms with E-state index in [4.69, 9.17) is 5.26 Å². The van der Waals surface area contributed by atoms with Crippen molar-refractivity contribution in [1.29, 1.82) is 5.26 Å². The van der Waals surface area contributed by atoms with Crippen molar-refractivity contribution in [1.82, 2.24) is 10.2 Å². The van der Waals surface area contributed by atoms with Gasteiger partial charge >= 0.3 is 0 Å². The second-order valence-corrected chi connectivity index (χ2v) is 5.79. The zero-order valence-electron chi connectivity index (χ0n) is 9.09. The Kier molecular flexibility index (Phi) is 3.71. The molecule has 0 aliphatic carbocycles. The molecule has 0 unspecified atom stereocenters. The lowest BCUT2D eigenvalue weighted by Crippen LogP contribution is -2.19. The molecule has 0 aliphatic heterocycles. The summed E-state index contributed by atoms with van der Waals surface area (Å²) in [6.45, 7) is 0.704. The molecule has 17 heavy (non-hydrogen) atoms. The lowest BCUT2D eigenvalue weighted by molar-refractivity contribution is 0.865. The van der Waals surface area contributed by atoms with Gasteiger partial charge in [-0.3, -0.25) is 0 Å². The number of thiophene rings is 1. The van der Waals surface area contributed by atoms with Gasteiger partial charge in [-0.05, 0) is 39.0 Å². The van der Waals surface area contributed by atoms with Crippen LogP contribution in [0.1, 0.15) is 11.1 Å². The third kappa shape index (κ3) is 2.81. The maximum absolute atomic E-state index is 8.99. The Balaban J connectivity index is 2.20. The summed E-state index contributed by atoms with van der Waals surface area (Å²) in [6.07, 6.45) is 1.52. The minimum atomic E-state index is 0.539. The molecule has 0 amide bonds. The van der Waals surface area contributed by atoms with Gasteiger partial charge in [0.2, 0.25) is 0 Å². The molecule has 0 radical (unpaired) electrons. The van der Waals surface area contributed by atoms with Crippen molar-refractivity contribution in [3.8, 4) is 6.07 Å². The smallest absolute Gasteiger partial charge is 0.169 e. The Morgan fingerprint density at radius 3 is 3.06 bits per heavy atom. The maximum Gasteiger partial charge on any atom is 0.169 e. The Bertz CT molecular complexity index is 561. The molecule has 2 aromatic heterocycles. The standard InChI is InChI=1S/C11H9BrN4S/c1-16(6-8-4-10(12)17-7-8)11-9(5-13)2-3-14-15-11/h2-4,7H,6H2,1H3.